The van der Waals surface area contributed by atoms with Gasteiger partial charge in [0.2, 0.25) is 11.8 Å². The predicted molar refractivity (Wildman–Crippen MR) is 235 cm³/mol. The third-order valence-corrected chi connectivity index (χ3v) is 13.0. The van der Waals surface area contributed by atoms with Gasteiger partial charge in [0, 0.05) is 63.8 Å². The number of piperazine rings is 1. The van der Waals surface area contributed by atoms with Crippen molar-refractivity contribution in [2.75, 3.05) is 74.1 Å². The Kier molecular flexibility index (Phi) is 12.4. The van der Waals surface area contributed by atoms with E-state index in [1.807, 2.05) is 19.1 Å². The molecule has 2 atom stereocenters. The van der Waals surface area contributed by atoms with Crippen LogP contribution in [0.4, 0.5) is 17.3 Å². The van der Waals surface area contributed by atoms with Crippen molar-refractivity contribution < 1.29 is 24.0 Å². The molecule has 5 amide bonds. The number of rotatable bonds is 15. The minimum Gasteiger partial charge on any atom is -0.368 e. The Hall–Kier alpha value is -6.07. The van der Waals surface area contributed by atoms with Gasteiger partial charge in [0.1, 0.15) is 23.4 Å². The van der Waals surface area contributed by atoms with Crippen LogP contribution in [0.5, 0.6) is 0 Å². The Labute approximate surface area is 362 Å². The molecule has 17 heteroatoms. The third kappa shape index (κ3) is 8.30. The second kappa shape index (κ2) is 18.1. The summed E-state index contributed by atoms with van der Waals surface area (Å²) in [5.74, 6) is -0.676. The average molecular weight is 845 g/mol. The molecule has 1 unspecified atom stereocenters. The number of anilines is 3. The minimum atomic E-state index is -0.990. The molecule has 5 aliphatic rings. The number of amides is 5. The van der Waals surface area contributed by atoms with Crippen molar-refractivity contribution in [1.29, 1.82) is 10.8 Å². The van der Waals surface area contributed by atoms with Gasteiger partial charge in [-0.25, -0.2) is 9.97 Å². The van der Waals surface area contributed by atoms with Gasteiger partial charge in [-0.3, -0.25) is 54.8 Å². The van der Waals surface area contributed by atoms with Gasteiger partial charge in [0.05, 0.1) is 41.0 Å². The quantitative estimate of drug-likeness (QED) is 0.0871. The van der Waals surface area contributed by atoms with Gasteiger partial charge < -0.3 is 19.6 Å². The average Bonchev–Trinajstić information content (AvgIpc) is 3.93. The number of piperidine rings is 1. The monoisotopic (exact) mass is 844 g/mol. The lowest BCUT2D eigenvalue weighted by atomic mass is 10.0. The molecule has 0 bridgehead atoms. The minimum absolute atomic E-state index is 0.0839. The first-order valence-electron chi connectivity index (χ1n) is 21.9. The van der Waals surface area contributed by atoms with Gasteiger partial charge in [-0.1, -0.05) is 18.6 Å². The fraction of sp³-hybridized carbons (Fsp3) is 0.489. The van der Waals surface area contributed by atoms with Crippen LogP contribution in [-0.2, 0) is 22.7 Å². The molecule has 62 heavy (non-hydrogen) atoms. The highest BCUT2D eigenvalue weighted by atomic mass is 16.2. The number of pyridine rings is 2. The van der Waals surface area contributed by atoms with Gasteiger partial charge in [-0.2, -0.15) is 0 Å². The van der Waals surface area contributed by atoms with Crippen LogP contribution in [0.15, 0.2) is 42.5 Å². The molecule has 3 fully saturated rings. The van der Waals surface area contributed by atoms with Gasteiger partial charge in [0.25, 0.3) is 17.7 Å². The largest absolute Gasteiger partial charge is 0.368 e. The predicted octanol–water partition coefficient (Wildman–Crippen LogP) is 3.71. The lowest BCUT2D eigenvalue weighted by molar-refractivity contribution is -0.136. The summed E-state index contributed by atoms with van der Waals surface area (Å²) in [6.45, 7) is 11.3. The van der Waals surface area contributed by atoms with E-state index in [1.54, 1.807) is 35.2 Å². The first-order chi connectivity index (χ1) is 30.0. The van der Waals surface area contributed by atoms with Crippen molar-refractivity contribution in [3.63, 3.8) is 0 Å². The van der Waals surface area contributed by atoms with Crippen LogP contribution in [0.2, 0.25) is 0 Å². The van der Waals surface area contributed by atoms with E-state index < -0.39 is 29.7 Å². The number of hydrogen-bond donors (Lipinski definition) is 3. The lowest BCUT2D eigenvalue weighted by Crippen LogP contribution is -2.54. The van der Waals surface area contributed by atoms with Gasteiger partial charge in [-0.15, -0.1) is 0 Å². The van der Waals surface area contributed by atoms with Crippen LogP contribution in [0.3, 0.4) is 0 Å². The SMILES string of the molecule is CCN(C=N)C(=N)c1cccc(N2Cc3c(cc(N4CCC[C@H]4C)nc3CN(C)CCCCCN3CCN(c4cccc5c4C(=O)N(C4CCC(=O)NC4=O)C5=O)CC3)C2=O)n1. The van der Waals surface area contributed by atoms with E-state index in [9.17, 15) is 24.0 Å². The number of nitrogens with zero attached hydrogens (tertiary/aromatic N) is 9. The van der Waals surface area contributed by atoms with Crippen LogP contribution >= 0.6 is 0 Å². The van der Waals surface area contributed by atoms with Gasteiger partial charge in [0.15, 0.2) is 5.84 Å². The molecular formula is C45H56N12O5. The Balaban J connectivity index is 0.849. The summed E-state index contributed by atoms with van der Waals surface area (Å²) < 4.78 is 0. The number of aromatic nitrogens is 2. The molecule has 3 aromatic rings. The molecule has 0 aliphatic carbocycles. The number of nitrogens with one attached hydrogen (secondary N) is 3. The fourth-order valence-corrected chi connectivity index (χ4v) is 9.46. The van der Waals surface area contributed by atoms with Crippen molar-refractivity contribution in [2.24, 2.45) is 0 Å². The summed E-state index contributed by atoms with van der Waals surface area (Å²) >= 11 is 0. The number of imide groups is 2. The highest BCUT2D eigenvalue weighted by Crippen LogP contribution is 2.36. The summed E-state index contributed by atoms with van der Waals surface area (Å²) in [5.41, 5.74) is 4.22. The molecule has 8 rings (SSSR count). The molecule has 3 N–H and O–H groups in total. The Morgan fingerprint density at radius 3 is 2.42 bits per heavy atom. The smallest absolute Gasteiger partial charge is 0.264 e. The lowest BCUT2D eigenvalue weighted by Gasteiger charge is -2.36. The highest BCUT2D eigenvalue weighted by molar-refractivity contribution is 6.25. The number of carbonyl (C=O) groups is 5. The van der Waals surface area contributed by atoms with Gasteiger partial charge in [-0.05, 0) is 96.4 Å². The van der Waals surface area contributed by atoms with E-state index in [-0.39, 0.29) is 24.6 Å². The van der Waals surface area contributed by atoms with Crippen LogP contribution in [-0.4, -0.2) is 143 Å². The fourth-order valence-electron chi connectivity index (χ4n) is 9.46. The van der Waals surface area contributed by atoms with Gasteiger partial charge >= 0.3 is 0 Å². The summed E-state index contributed by atoms with van der Waals surface area (Å²) in [7, 11) is 2.11. The summed E-state index contributed by atoms with van der Waals surface area (Å²) in [6.07, 6.45) is 6.60. The summed E-state index contributed by atoms with van der Waals surface area (Å²) in [6, 6.07) is 11.9. The number of unbranched alkanes of at least 4 members (excludes halogenated alkanes) is 2. The molecule has 0 saturated carbocycles. The number of amidine groups is 1. The molecule has 17 nitrogen and oxygen atoms in total. The van der Waals surface area contributed by atoms with Crippen molar-refractivity contribution in [1.82, 2.24) is 34.9 Å². The van der Waals surface area contributed by atoms with E-state index in [0.29, 0.717) is 72.7 Å². The standard InChI is InChI=1S/C45H56N12O5/c1-4-53(28-46)41(47)33-13-9-15-37(48-33)56-26-32-31(43(56)60)25-38(55-20-10-11-29(55)2)49-34(32)27-51(3)18-6-5-7-19-52-21-23-54(24-22-52)35-14-8-12-30-40(35)45(62)57(44(30)61)36-16-17-39(58)50-42(36)59/h8-9,12-15,25,28-29,36,46-47H,4-7,10-11,16-24,26-27H2,1-3H3,(H,50,58,59)/t29-,36?/m1/s1. The van der Waals surface area contributed by atoms with Crippen molar-refractivity contribution in [3.8, 4) is 0 Å². The van der Waals surface area contributed by atoms with Crippen molar-refractivity contribution in [2.45, 2.75) is 84.0 Å². The first-order valence-corrected chi connectivity index (χ1v) is 21.9. The molecule has 0 radical (unpaired) electrons. The Bertz CT molecular complexity index is 2290. The van der Waals surface area contributed by atoms with Crippen molar-refractivity contribution in [3.05, 3.63) is 76.1 Å². The van der Waals surface area contributed by atoms with E-state index >= 15 is 0 Å². The molecular weight excluding hydrogens is 789 g/mol. The zero-order valence-electron chi connectivity index (χ0n) is 35.9. The van der Waals surface area contributed by atoms with Crippen LogP contribution in [0.25, 0.3) is 0 Å². The van der Waals surface area contributed by atoms with E-state index in [4.69, 9.17) is 20.8 Å². The van der Waals surface area contributed by atoms with Crippen LogP contribution in [0, 0.1) is 10.8 Å². The Morgan fingerprint density at radius 1 is 0.903 bits per heavy atom. The second-order valence-corrected chi connectivity index (χ2v) is 16.9. The van der Waals surface area contributed by atoms with Crippen LogP contribution < -0.4 is 20.0 Å². The van der Waals surface area contributed by atoms with Crippen LogP contribution in [0.1, 0.15) is 107 Å². The topological polar surface area (TPSA) is 194 Å². The molecule has 7 heterocycles. The van der Waals surface area contributed by atoms with E-state index in [0.717, 1.165) is 93.1 Å². The normalized spacial score (nSPS) is 20.4. The number of hydrogen-bond acceptors (Lipinski definition) is 13. The maximum Gasteiger partial charge on any atom is 0.264 e. The number of benzene rings is 1. The maximum atomic E-state index is 14.1. The molecule has 1 aromatic carbocycles. The Morgan fingerprint density at radius 2 is 1.69 bits per heavy atom. The second-order valence-electron chi connectivity index (χ2n) is 16.9. The maximum absolute atomic E-state index is 14.1. The molecule has 3 saturated heterocycles. The highest BCUT2D eigenvalue weighted by Gasteiger charge is 2.46. The van der Waals surface area contributed by atoms with Crippen molar-refractivity contribution >= 4 is 59.0 Å². The summed E-state index contributed by atoms with van der Waals surface area (Å²) in [4.78, 5) is 88.7. The molecule has 326 valence electrons. The zero-order chi connectivity index (χ0) is 43.7. The number of fused-ring (bicyclic) bond motifs is 2. The molecule has 0 spiro atoms. The van der Waals surface area contributed by atoms with E-state index in [1.165, 1.54) is 4.90 Å². The molecule has 2 aromatic heterocycles. The molecule has 5 aliphatic heterocycles. The third-order valence-electron chi connectivity index (χ3n) is 13.0. The number of carbonyl (C=O) groups excluding carboxylic acids is 5. The summed E-state index contributed by atoms with van der Waals surface area (Å²) in [5, 5.41) is 18.5. The first kappa shape index (κ1) is 42.6. The van der Waals surface area contributed by atoms with E-state index in [2.05, 4.69) is 38.9 Å². The zero-order valence-corrected chi connectivity index (χ0v) is 35.9.